The average molecular weight is 378 g/mol. The highest BCUT2D eigenvalue weighted by Gasteiger charge is 2.28. The van der Waals surface area contributed by atoms with Gasteiger partial charge in [-0.05, 0) is 35.9 Å². The minimum absolute atomic E-state index is 0.0168. The zero-order valence-corrected chi connectivity index (χ0v) is 14.4. The molecular weight excluding hydrogens is 365 g/mol. The first-order valence-electron chi connectivity index (χ1n) is 7.37. The first kappa shape index (κ1) is 17.3. The van der Waals surface area contributed by atoms with Crippen LogP contribution in [0, 0.1) is 0 Å². The van der Waals surface area contributed by atoms with Gasteiger partial charge in [-0.15, -0.1) is 0 Å². The molecule has 1 heterocycles. The zero-order valence-electron chi connectivity index (χ0n) is 12.9. The molecule has 128 valence electrons. The van der Waals surface area contributed by atoms with Crippen molar-refractivity contribution in [1.29, 1.82) is 0 Å². The lowest BCUT2D eigenvalue weighted by atomic mass is 10.1. The number of amides is 4. The summed E-state index contributed by atoms with van der Waals surface area (Å²) in [6, 6.07) is 11.0. The molecule has 4 amide bonds. The van der Waals surface area contributed by atoms with Gasteiger partial charge in [-0.2, -0.15) is 0 Å². The normalized spacial score (nSPS) is 13.8. The van der Waals surface area contributed by atoms with Gasteiger partial charge in [0.25, 0.3) is 5.91 Å². The van der Waals surface area contributed by atoms with Gasteiger partial charge in [-0.25, -0.2) is 4.79 Å². The molecule has 6 nitrogen and oxygen atoms in total. The highest BCUT2D eigenvalue weighted by atomic mass is 35.5. The van der Waals surface area contributed by atoms with E-state index in [0.717, 1.165) is 10.5 Å². The second-order valence-corrected chi connectivity index (χ2v) is 6.23. The van der Waals surface area contributed by atoms with E-state index >= 15 is 0 Å². The quantitative estimate of drug-likeness (QED) is 0.802. The van der Waals surface area contributed by atoms with Gasteiger partial charge >= 0.3 is 6.03 Å². The van der Waals surface area contributed by atoms with Crippen molar-refractivity contribution in [3.63, 3.8) is 0 Å². The molecule has 25 heavy (non-hydrogen) atoms. The number of halogens is 2. The Morgan fingerprint density at radius 1 is 1.08 bits per heavy atom. The van der Waals surface area contributed by atoms with E-state index in [1.54, 1.807) is 42.5 Å². The highest BCUT2D eigenvalue weighted by Crippen LogP contribution is 2.25. The number of urea groups is 1. The van der Waals surface area contributed by atoms with Gasteiger partial charge in [0.15, 0.2) is 0 Å². The maximum Gasteiger partial charge on any atom is 0.324 e. The molecule has 0 spiro atoms. The van der Waals surface area contributed by atoms with E-state index < -0.39 is 6.03 Å². The standard InChI is InChI=1S/C17H13Cl2N3O3/c18-13-6-5-12(7-14(13)19)21-16(24)11-3-1-10(2-4-11)9-22-15(23)8-20-17(22)25/h1-7H,8-9H2,(H,20,25)(H,21,24). The van der Waals surface area contributed by atoms with Crippen LogP contribution in [0.1, 0.15) is 15.9 Å². The molecule has 1 saturated heterocycles. The summed E-state index contributed by atoms with van der Waals surface area (Å²) < 4.78 is 0. The van der Waals surface area contributed by atoms with E-state index in [2.05, 4.69) is 10.6 Å². The summed E-state index contributed by atoms with van der Waals surface area (Å²) >= 11 is 11.8. The van der Waals surface area contributed by atoms with Crippen molar-refractivity contribution < 1.29 is 14.4 Å². The van der Waals surface area contributed by atoms with Crippen LogP contribution in [-0.2, 0) is 11.3 Å². The van der Waals surface area contributed by atoms with Crippen molar-refractivity contribution >= 4 is 46.7 Å². The minimum Gasteiger partial charge on any atom is -0.329 e. The summed E-state index contributed by atoms with van der Waals surface area (Å²) in [5, 5.41) is 5.94. The average Bonchev–Trinajstić information content (AvgIpc) is 2.91. The molecule has 0 atom stereocenters. The van der Waals surface area contributed by atoms with Crippen molar-refractivity contribution in [2.45, 2.75) is 6.54 Å². The second kappa shape index (κ2) is 7.13. The lowest BCUT2D eigenvalue weighted by Gasteiger charge is -2.12. The molecule has 0 radical (unpaired) electrons. The molecule has 0 aromatic heterocycles. The van der Waals surface area contributed by atoms with E-state index in [-0.39, 0.29) is 24.9 Å². The fourth-order valence-corrected chi connectivity index (χ4v) is 2.63. The van der Waals surface area contributed by atoms with Crippen molar-refractivity contribution in [3.8, 4) is 0 Å². The van der Waals surface area contributed by atoms with Crippen LogP contribution in [-0.4, -0.2) is 29.3 Å². The highest BCUT2D eigenvalue weighted by molar-refractivity contribution is 6.42. The summed E-state index contributed by atoms with van der Waals surface area (Å²) in [6.07, 6.45) is 0. The largest absolute Gasteiger partial charge is 0.329 e. The first-order valence-corrected chi connectivity index (χ1v) is 8.13. The Morgan fingerprint density at radius 3 is 2.40 bits per heavy atom. The van der Waals surface area contributed by atoms with Gasteiger partial charge in [0.05, 0.1) is 23.1 Å². The number of carbonyl (C=O) groups excluding carboxylic acids is 3. The van der Waals surface area contributed by atoms with Crippen molar-refractivity contribution in [2.75, 3.05) is 11.9 Å². The van der Waals surface area contributed by atoms with E-state index in [1.807, 2.05) is 0 Å². The molecule has 1 aliphatic rings. The molecule has 0 aliphatic carbocycles. The first-order chi connectivity index (χ1) is 11.9. The van der Waals surface area contributed by atoms with Crippen LogP contribution in [0.2, 0.25) is 10.0 Å². The fourth-order valence-electron chi connectivity index (χ4n) is 2.34. The lowest BCUT2D eigenvalue weighted by Crippen LogP contribution is -2.30. The number of hydrogen-bond acceptors (Lipinski definition) is 3. The van der Waals surface area contributed by atoms with Crippen LogP contribution < -0.4 is 10.6 Å². The van der Waals surface area contributed by atoms with E-state index in [0.29, 0.717) is 21.3 Å². The maximum absolute atomic E-state index is 12.3. The number of imide groups is 1. The Morgan fingerprint density at radius 2 is 1.80 bits per heavy atom. The van der Waals surface area contributed by atoms with Gasteiger partial charge in [-0.1, -0.05) is 35.3 Å². The molecule has 0 saturated carbocycles. The van der Waals surface area contributed by atoms with Crippen LogP contribution in [0.3, 0.4) is 0 Å². The summed E-state index contributed by atoms with van der Waals surface area (Å²) in [5.41, 5.74) is 1.71. The topological polar surface area (TPSA) is 78.5 Å². The zero-order chi connectivity index (χ0) is 18.0. The predicted octanol–water partition coefficient (Wildman–Crippen LogP) is 3.30. The Balaban J connectivity index is 1.67. The molecule has 1 fully saturated rings. The Bertz CT molecular complexity index is 837. The van der Waals surface area contributed by atoms with Crippen LogP contribution in [0.4, 0.5) is 10.5 Å². The third-order valence-electron chi connectivity index (χ3n) is 3.67. The van der Waals surface area contributed by atoms with Gasteiger partial charge in [-0.3, -0.25) is 14.5 Å². The molecule has 0 unspecified atom stereocenters. The van der Waals surface area contributed by atoms with E-state index in [1.165, 1.54) is 0 Å². The fraction of sp³-hybridized carbons (Fsp3) is 0.118. The summed E-state index contributed by atoms with van der Waals surface area (Å²) in [4.78, 5) is 36.5. The third kappa shape index (κ3) is 3.92. The monoisotopic (exact) mass is 377 g/mol. The van der Waals surface area contributed by atoms with Crippen molar-refractivity contribution in [1.82, 2.24) is 10.2 Å². The van der Waals surface area contributed by atoms with E-state index in [4.69, 9.17) is 23.2 Å². The molecule has 8 heteroatoms. The maximum atomic E-state index is 12.3. The molecule has 3 rings (SSSR count). The SMILES string of the molecule is O=C(Nc1ccc(Cl)c(Cl)c1)c1ccc(CN2C(=O)CNC2=O)cc1. The number of nitrogens with one attached hydrogen (secondary N) is 2. The number of anilines is 1. The molecule has 2 N–H and O–H groups in total. The molecule has 2 aromatic carbocycles. The molecule has 0 bridgehead atoms. The lowest BCUT2D eigenvalue weighted by molar-refractivity contribution is -0.125. The van der Waals surface area contributed by atoms with Crippen LogP contribution >= 0.6 is 23.2 Å². The predicted molar refractivity (Wildman–Crippen MR) is 94.8 cm³/mol. The summed E-state index contributed by atoms with van der Waals surface area (Å²) in [5.74, 6) is -0.577. The Hall–Kier alpha value is -2.57. The molecule has 1 aliphatic heterocycles. The van der Waals surface area contributed by atoms with Gasteiger partial charge in [0.2, 0.25) is 5.91 Å². The number of rotatable bonds is 4. The van der Waals surface area contributed by atoms with Crippen LogP contribution in [0.25, 0.3) is 0 Å². The third-order valence-corrected chi connectivity index (χ3v) is 4.41. The van der Waals surface area contributed by atoms with Gasteiger partial charge in [0.1, 0.15) is 0 Å². The minimum atomic E-state index is -0.411. The van der Waals surface area contributed by atoms with Crippen molar-refractivity contribution in [2.24, 2.45) is 0 Å². The number of nitrogens with zero attached hydrogens (tertiary/aromatic N) is 1. The number of hydrogen-bond donors (Lipinski definition) is 2. The summed E-state index contributed by atoms with van der Waals surface area (Å²) in [6.45, 7) is 0.183. The number of benzene rings is 2. The van der Waals surface area contributed by atoms with Crippen LogP contribution in [0.15, 0.2) is 42.5 Å². The van der Waals surface area contributed by atoms with Gasteiger partial charge < -0.3 is 10.6 Å². The Labute approximate surface area is 153 Å². The van der Waals surface area contributed by atoms with Gasteiger partial charge in [0, 0.05) is 11.3 Å². The van der Waals surface area contributed by atoms with E-state index in [9.17, 15) is 14.4 Å². The summed E-state index contributed by atoms with van der Waals surface area (Å²) in [7, 11) is 0. The molecule has 2 aromatic rings. The molecular formula is C17H13Cl2N3O3. The van der Waals surface area contributed by atoms with Crippen molar-refractivity contribution in [3.05, 3.63) is 63.6 Å². The van der Waals surface area contributed by atoms with Crippen LogP contribution in [0.5, 0.6) is 0 Å². The number of carbonyl (C=O) groups is 3. The Kier molecular flexibility index (Phi) is 4.92. The second-order valence-electron chi connectivity index (χ2n) is 5.42. The smallest absolute Gasteiger partial charge is 0.324 e.